The number of nitrogens with zero attached hydrogens (tertiary/aromatic N) is 1. The fraction of sp³-hybridized carbons (Fsp3) is 0.833. The van der Waals surface area contributed by atoms with Crippen LogP contribution in [-0.2, 0) is 4.74 Å². The molecule has 0 bridgehead atoms. The van der Waals surface area contributed by atoms with E-state index in [4.69, 9.17) is 11.2 Å². The smallest absolute Gasteiger partial charge is 0.0684 e. The van der Waals surface area contributed by atoms with Crippen molar-refractivity contribution in [1.29, 1.82) is 0 Å². The van der Waals surface area contributed by atoms with E-state index in [1.54, 1.807) is 7.11 Å². The van der Waals surface area contributed by atoms with Crippen molar-refractivity contribution in [3.63, 3.8) is 0 Å². The Morgan fingerprint density at radius 2 is 2.47 bits per heavy atom. The second-order valence-electron chi connectivity index (χ2n) is 4.12. The molecule has 0 radical (unpaired) electrons. The molecule has 3 nitrogen and oxygen atoms in total. The normalized spacial score (nSPS) is 22.9. The SMILES string of the molecule is C#CC(C)N(CCOC)CC1CCCN1. The molecule has 1 fully saturated rings. The third kappa shape index (κ3) is 4.21. The lowest BCUT2D eigenvalue weighted by molar-refractivity contribution is 0.132. The molecule has 15 heavy (non-hydrogen) atoms. The van der Waals surface area contributed by atoms with Crippen molar-refractivity contribution in [3.05, 3.63) is 0 Å². The molecule has 1 saturated heterocycles. The summed E-state index contributed by atoms with van der Waals surface area (Å²) in [6.45, 7) is 5.92. The predicted molar refractivity (Wildman–Crippen MR) is 62.8 cm³/mol. The number of hydrogen-bond donors (Lipinski definition) is 1. The van der Waals surface area contributed by atoms with Crippen molar-refractivity contribution < 1.29 is 4.74 Å². The molecule has 2 unspecified atom stereocenters. The first kappa shape index (κ1) is 12.5. The van der Waals surface area contributed by atoms with Gasteiger partial charge in [-0.2, -0.15) is 0 Å². The Hall–Kier alpha value is -0.560. The van der Waals surface area contributed by atoms with Gasteiger partial charge < -0.3 is 10.1 Å². The number of hydrogen-bond acceptors (Lipinski definition) is 3. The van der Waals surface area contributed by atoms with Crippen molar-refractivity contribution in [3.8, 4) is 12.3 Å². The van der Waals surface area contributed by atoms with Gasteiger partial charge in [-0.25, -0.2) is 0 Å². The molecule has 2 atom stereocenters. The largest absolute Gasteiger partial charge is 0.383 e. The first-order valence-corrected chi connectivity index (χ1v) is 5.70. The predicted octanol–water partition coefficient (Wildman–Crippen LogP) is 0.708. The van der Waals surface area contributed by atoms with E-state index >= 15 is 0 Å². The molecule has 0 spiro atoms. The fourth-order valence-corrected chi connectivity index (χ4v) is 1.95. The average molecular weight is 210 g/mol. The molecule has 0 aromatic rings. The van der Waals surface area contributed by atoms with Crippen LogP contribution in [0, 0.1) is 12.3 Å². The van der Waals surface area contributed by atoms with E-state index in [0.29, 0.717) is 6.04 Å². The Balaban J connectivity index is 2.37. The van der Waals surface area contributed by atoms with E-state index in [-0.39, 0.29) is 6.04 Å². The highest BCUT2D eigenvalue weighted by molar-refractivity contribution is 4.98. The van der Waals surface area contributed by atoms with Gasteiger partial charge in [0.2, 0.25) is 0 Å². The monoisotopic (exact) mass is 210 g/mol. The number of rotatable bonds is 6. The lowest BCUT2D eigenvalue weighted by atomic mass is 10.2. The van der Waals surface area contributed by atoms with E-state index in [1.165, 1.54) is 12.8 Å². The van der Waals surface area contributed by atoms with Gasteiger partial charge in [0.05, 0.1) is 12.6 Å². The molecule has 0 aliphatic carbocycles. The summed E-state index contributed by atoms with van der Waals surface area (Å²) in [6, 6.07) is 0.806. The van der Waals surface area contributed by atoms with Crippen LogP contribution in [0.3, 0.4) is 0 Å². The first-order chi connectivity index (χ1) is 7.27. The Kier molecular flexibility index (Phi) is 5.70. The first-order valence-electron chi connectivity index (χ1n) is 5.70. The minimum absolute atomic E-state index is 0.197. The Morgan fingerprint density at radius 1 is 1.67 bits per heavy atom. The van der Waals surface area contributed by atoms with Gasteiger partial charge in [-0.05, 0) is 26.3 Å². The van der Waals surface area contributed by atoms with Crippen molar-refractivity contribution >= 4 is 0 Å². The van der Waals surface area contributed by atoms with E-state index in [9.17, 15) is 0 Å². The molecule has 1 aliphatic heterocycles. The maximum atomic E-state index is 5.47. The Bertz CT molecular complexity index is 206. The summed E-state index contributed by atoms with van der Waals surface area (Å²) in [5.74, 6) is 2.79. The number of methoxy groups -OCH3 is 1. The second kappa shape index (κ2) is 6.84. The molecule has 1 rings (SSSR count). The number of nitrogens with one attached hydrogen (secondary N) is 1. The molecule has 1 N–H and O–H groups in total. The standard InChI is InChI=1S/C12H22N2O/c1-4-11(2)14(8-9-15-3)10-12-6-5-7-13-12/h1,11-13H,5-10H2,2-3H3. The van der Waals surface area contributed by atoms with Crippen LogP contribution in [-0.4, -0.2) is 50.3 Å². The summed E-state index contributed by atoms with van der Waals surface area (Å²) in [7, 11) is 1.73. The van der Waals surface area contributed by atoms with Crippen LogP contribution < -0.4 is 5.32 Å². The van der Waals surface area contributed by atoms with Gasteiger partial charge in [-0.15, -0.1) is 6.42 Å². The lowest BCUT2D eigenvalue weighted by Crippen LogP contribution is -2.43. The van der Waals surface area contributed by atoms with Crippen LogP contribution in [0.2, 0.25) is 0 Å². The summed E-state index contributed by atoms with van der Waals surface area (Å²) >= 11 is 0. The molecule has 3 heteroatoms. The molecule has 0 aromatic carbocycles. The molecule has 1 aliphatic rings. The maximum Gasteiger partial charge on any atom is 0.0684 e. The third-order valence-corrected chi connectivity index (χ3v) is 2.99. The molecule has 0 saturated carbocycles. The molecule has 0 amide bonds. The van der Waals surface area contributed by atoms with Gasteiger partial charge in [0.1, 0.15) is 0 Å². The molecule has 0 aromatic heterocycles. The molecular weight excluding hydrogens is 188 g/mol. The van der Waals surface area contributed by atoms with Crippen molar-refractivity contribution in [2.75, 3.05) is 33.4 Å². The zero-order valence-electron chi connectivity index (χ0n) is 9.83. The highest BCUT2D eigenvalue weighted by atomic mass is 16.5. The fourth-order valence-electron chi connectivity index (χ4n) is 1.95. The van der Waals surface area contributed by atoms with Crippen LogP contribution in [0.4, 0.5) is 0 Å². The van der Waals surface area contributed by atoms with Gasteiger partial charge in [-0.1, -0.05) is 5.92 Å². The van der Waals surface area contributed by atoms with Crippen LogP contribution in [0.15, 0.2) is 0 Å². The zero-order chi connectivity index (χ0) is 11.1. The van der Waals surface area contributed by atoms with Crippen LogP contribution >= 0.6 is 0 Å². The van der Waals surface area contributed by atoms with Crippen LogP contribution in [0.5, 0.6) is 0 Å². The zero-order valence-corrected chi connectivity index (χ0v) is 9.83. The maximum absolute atomic E-state index is 5.47. The van der Waals surface area contributed by atoms with Gasteiger partial charge in [-0.3, -0.25) is 4.90 Å². The minimum Gasteiger partial charge on any atom is -0.383 e. The van der Waals surface area contributed by atoms with E-state index < -0.39 is 0 Å². The summed E-state index contributed by atoms with van der Waals surface area (Å²) < 4.78 is 5.10. The van der Waals surface area contributed by atoms with E-state index in [0.717, 1.165) is 26.2 Å². The van der Waals surface area contributed by atoms with Gasteiger partial charge >= 0.3 is 0 Å². The summed E-state index contributed by atoms with van der Waals surface area (Å²) in [4.78, 5) is 2.31. The summed E-state index contributed by atoms with van der Waals surface area (Å²) in [6.07, 6.45) is 8.02. The molecule has 86 valence electrons. The quantitative estimate of drug-likeness (QED) is 0.653. The average Bonchev–Trinajstić information content (AvgIpc) is 2.75. The minimum atomic E-state index is 0.197. The Morgan fingerprint density at radius 3 is 3.00 bits per heavy atom. The van der Waals surface area contributed by atoms with E-state index in [2.05, 4.69) is 23.1 Å². The van der Waals surface area contributed by atoms with Gasteiger partial charge in [0.25, 0.3) is 0 Å². The summed E-state index contributed by atoms with van der Waals surface area (Å²) in [5.41, 5.74) is 0. The topological polar surface area (TPSA) is 24.5 Å². The van der Waals surface area contributed by atoms with Gasteiger partial charge in [0.15, 0.2) is 0 Å². The highest BCUT2D eigenvalue weighted by Gasteiger charge is 2.20. The van der Waals surface area contributed by atoms with Crippen LogP contribution in [0.25, 0.3) is 0 Å². The number of ether oxygens (including phenoxy) is 1. The van der Waals surface area contributed by atoms with Gasteiger partial charge in [0, 0.05) is 26.2 Å². The van der Waals surface area contributed by atoms with Crippen molar-refractivity contribution in [2.24, 2.45) is 0 Å². The lowest BCUT2D eigenvalue weighted by Gasteiger charge is -2.28. The van der Waals surface area contributed by atoms with Crippen molar-refractivity contribution in [2.45, 2.75) is 31.8 Å². The molecular formula is C12H22N2O. The molecule has 1 heterocycles. The third-order valence-electron chi connectivity index (χ3n) is 2.99. The van der Waals surface area contributed by atoms with Crippen LogP contribution in [0.1, 0.15) is 19.8 Å². The second-order valence-corrected chi connectivity index (χ2v) is 4.12. The van der Waals surface area contributed by atoms with E-state index in [1.807, 2.05) is 0 Å². The highest BCUT2D eigenvalue weighted by Crippen LogP contribution is 2.08. The van der Waals surface area contributed by atoms with Crippen molar-refractivity contribution in [1.82, 2.24) is 10.2 Å². The summed E-state index contributed by atoms with van der Waals surface area (Å²) in [5, 5.41) is 3.49. The number of terminal acetylenes is 1. The Labute approximate surface area is 93.2 Å².